The van der Waals surface area contributed by atoms with E-state index in [4.69, 9.17) is 16.3 Å². The first kappa shape index (κ1) is 15.1. The van der Waals surface area contributed by atoms with Gasteiger partial charge in [0.05, 0.1) is 0 Å². The van der Waals surface area contributed by atoms with Crippen LogP contribution in [0.5, 0.6) is 0 Å². The summed E-state index contributed by atoms with van der Waals surface area (Å²) in [7, 11) is 5.77. The summed E-state index contributed by atoms with van der Waals surface area (Å²) in [6.07, 6.45) is 2.25. The van der Waals surface area contributed by atoms with Crippen LogP contribution in [0.4, 0.5) is 5.82 Å². The van der Waals surface area contributed by atoms with Crippen molar-refractivity contribution in [3.63, 3.8) is 0 Å². The summed E-state index contributed by atoms with van der Waals surface area (Å²) in [4.78, 5) is 10.6. The molecule has 0 atom stereocenters. The third-order valence-corrected chi connectivity index (χ3v) is 2.55. The van der Waals surface area contributed by atoms with E-state index in [1.54, 1.807) is 13.2 Å². The molecule has 0 amide bonds. The van der Waals surface area contributed by atoms with Crippen LogP contribution in [0.1, 0.15) is 18.7 Å². The van der Waals surface area contributed by atoms with Gasteiger partial charge in [-0.1, -0.05) is 11.6 Å². The Morgan fingerprint density at radius 3 is 2.78 bits per heavy atom. The first-order valence-corrected chi connectivity index (χ1v) is 6.40. The number of nitrogens with zero attached hydrogens (tertiary/aromatic N) is 3. The van der Waals surface area contributed by atoms with E-state index in [-0.39, 0.29) is 0 Å². The highest BCUT2D eigenvalue weighted by atomic mass is 35.5. The number of nitrogens with one attached hydrogen (secondary N) is 1. The lowest BCUT2D eigenvalue weighted by atomic mass is 10.3. The molecule has 0 spiro atoms. The van der Waals surface area contributed by atoms with E-state index in [0.29, 0.717) is 17.6 Å². The minimum absolute atomic E-state index is 0.371. The van der Waals surface area contributed by atoms with E-state index in [1.165, 1.54) is 0 Å². The van der Waals surface area contributed by atoms with Crippen LogP contribution in [-0.4, -0.2) is 49.2 Å². The molecular weight excluding hydrogens is 252 g/mol. The standard InChI is InChI=1S/C12H21ClN4O/c1-17(2)7-5-4-6-14-11-8-10(13)15-12(16-11)9-18-3/h8H,4-7,9H2,1-3H3,(H,14,15,16). The molecule has 0 saturated heterocycles. The lowest BCUT2D eigenvalue weighted by Gasteiger charge is -2.10. The Balaban J connectivity index is 2.37. The quantitative estimate of drug-likeness (QED) is 0.580. The Bertz CT molecular complexity index is 360. The molecule has 1 aromatic heterocycles. The van der Waals surface area contributed by atoms with Gasteiger partial charge in [-0.2, -0.15) is 0 Å². The molecule has 6 heteroatoms. The zero-order valence-corrected chi connectivity index (χ0v) is 12.0. The summed E-state index contributed by atoms with van der Waals surface area (Å²) >= 11 is 5.91. The van der Waals surface area contributed by atoms with Gasteiger partial charge in [0.15, 0.2) is 5.82 Å². The van der Waals surface area contributed by atoms with Crippen LogP contribution in [0.3, 0.4) is 0 Å². The number of aromatic nitrogens is 2. The zero-order chi connectivity index (χ0) is 13.4. The summed E-state index contributed by atoms with van der Waals surface area (Å²) in [6.45, 7) is 2.35. The Morgan fingerprint density at radius 2 is 2.11 bits per heavy atom. The largest absolute Gasteiger partial charge is 0.377 e. The molecule has 1 rings (SSSR count). The van der Waals surface area contributed by atoms with Crippen LogP contribution in [0.15, 0.2) is 6.07 Å². The van der Waals surface area contributed by atoms with E-state index in [0.717, 1.165) is 31.7 Å². The molecule has 0 bridgehead atoms. The van der Waals surface area contributed by atoms with Crippen molar-refractivity contribution in [2.24, 2.45) is 0 Å². The molecule has 18 heavy (non-hydrogen) atoms. The van der Waals surface area contributed by atoms with Crippen molar-refractivity contribution in [1.82, 2.24) is 14.9 Å². The Morgan fingerprint density at radius 1 is 1.33 bits per heavy atom. The maximum Gasteiger partial charge on any atom is 0.158 e. The van der Waals surface area contributed by atoms with Crippen molar-refractivity contribution in [3.8, 4) is 0 Å². The Hall–Kier alpha value is -0.910. The molecule has 0 aliphatic rings. The molecule has 5 nitrogen and oxygen atoms in total. The van der Waals surface area contributed by atoms with Gasteiger partial charge in [0.1, 0.15) is 17.6 Å². The molecule has 0 aliphatic carbocycles. The Kier molecular flexibility index (Phi) is 6.93. The number of unbranched alkanes of at least 4 members (excludes halogenated alkanes) is 1. The fourth-order valence-electron chi connectivity index (χ4n) is 1.52. The Labute approximate surface area is 114 Å². The van der Waals surface area contributed by atoms with E-state index >= 15 is 0 Å². The molecule has 0 aromatic carbocycles. The minimum Gasteiger partial charge on any atom is -0.377 e. The maximum absolute atomic E-state index is 5.91. The van der Waals surface area contributed by atoms with Gasteiger partial charge in [0, 0.05) is 19.7 Å². The second-order valence-corrected chi connectivity index (χ2v) is 4.75. The van der Waals surface area contributed by atoms with Crippen LogP contribution in [0.25, 0.3) is 0 Å². The molecule has 1 aromatic rings. The number of halogens is 1. The van der Waals surface area contributed by atoms with Crippen molar-refractivity contribution in [3.05, 3.63) is 17.0 Å². The molecule has 0 saturated carbocycles. The maximum atomic E-state index is 5.91. The number of anilines is 1. The molecule has 1 N–H and O–H groups in total. The highest BCUT2D eigenvalue weighted by Gasteiger charge is 2.02. The number of rotatable bonds is 8. The fourth-order valence-corrected chi connectivity index (χ4v) is 1.72. The summed E-state index contributed by atoms with van der Waals surface area (Å²) < 4.78 is 4.99. The lowest BCUT2D eigenvalue weighted by molar-refractivity contribution is 0.178. The van der Waals surface area contributed by atoms with E-state index in [2.05, 4.69) is 34.3 Å². The van der Waals surface area contributed by atoms with E-state index in [1.807, 2.05) is 0 Å². The first-order chi connectivity index (χ1) is 8.61. The number of hydrogen-bond acceptors (Lipinski definition) is 5. The molecule has 102 valence electrons. The molecule has 0 aliphatic heterocycles. The highest BCUT2D eigenvalue weighted by Crippen LogP contribution is 2.12. The van der Waals surface area contributed by atoms with Gasteiger partial charge in [-0.3, -0.25) is 0 Å². The predicted octanol–water partition coefficient (Wildman–Crippen LogP) is 2.03. The number of hydrogen-bond donors (Lipinski definition) is 1. The van der Waals surface area contributed by atoms with Gasteiger partial charge in [-0.15, -0.1) is 0 Å². The lowest BCUT2D eigenvalue weighted by Crippen LogP contribution is -2.14. The van der Waals surface area contributed by atoms with Crippen LogP contribution in [0.2, 0.25) is 5.15 Å². The molecule has 1 heterocycles. The third-order valence-electron chi connectivity index (χ3n) is 2.35. The monoisotopic (exact) mass is 272 g/mol. The van der Waals surface area contributed by atoms with Crippen LogP contribution in [-0.2, 0) is 11.3 Å². The third kappa shape index (κ3) is 6.14. The van der Waals surface area contributed by atoms with Gasteiger partial charge >= 0.3 is 0 Å². The van der Waals surface area contributed by atoms with Gasteiger partial charge in [-0.25, -0.2) is 9.97 Å². The smallest absolute Gasteiger partial charge is 0.158 e. The fraction of sp³-hybridized carbons (Fsp3) is 0.667. The summed E-state index contributed by atoms with van der Waals surface area (Å²) in [5, 5.41) is 3.69. The van der Waals surface area contributed by atoms with Crippen molar-refractivity contribution in [2.45, 2.75) is 19.4 Å². The van der Waals surface area contributed by atoms with Crippen molar-refractivity contribution < 1.29 is 4.74 Å². The van der Waals surface area contributed by atoms with Gasteiger partial charge < -0.3 is 15.0 Å². The number of ether oxygens (including phenoxy) is 1. The summed E-state index contributed by atoms with van der Waals surface area (Å²) in [6, 6.07) is 1.73. The summed E-state index contributed by atoms with van der Waals surface area (Å²) in [5.41, 5.74) is 0. The van der Waals surface area contributed by atoms with E-state index < -0.39 is 0 Å². The van der Waals surface area contributed by atoms with Gasteiger partial charge in [0.25, 0.3) is 0 Å². The summed E-state index contributed by atoms with van der Waals surface area (Å²) in [5.74, 6) is 1.35. The average Bonchev–Trinajstić information content (AvgIpc) is 2.28. The predicted molar refractivity (Wildman–Crippen MR) is 74.0 cm³/mol. The molecular formula is C12H21ClN4O. The van der Waals surface area contributed by atoms with Crippen molar-refractivity contribution in [1.29, 1.82) is 0 Å². The molecule has 0 unspecified atom stereocenters. The number of methoxy groups -OCH3 is 1. The molecule has 0 radical (unpaired) electrons. The second kappa shape index (κ2) is 8.24. The van der Waals surface area contributed by atoms with Gasteiger partial charge in [0.2, 0.25) is 0 Å². The van der Waals surface area contributed by atoms with E-state index in [9.17, 15) is 0 Å². The highest BCUT2D eigenvalue weighted by molar-refractivity contribution is 6.29. The first-order valence-electron chi connectivity index (χ1n) is 6.03. The second-order valence-electron chi connectivity index (χ2n) is 4.36. The van der Waals surface area contributed by atoms with Crippen LogP contribution >= 0.6 is 11.6 Å². The van der Waals surface area contributed by atoms with Crippen LogP contribution in [0, 0.1) is 0 Å². The van der Waals surface area contributed by atoms with Crippen LogP contribution < -0.4 is 5.32 Å². The average molecular weight is 273 g/mol. The minimum atomic E-state index is 0.371. The normalized spacial score (nSPS) is 10.9. The van der Waals surface area contributed by atoms with Crippen molar-refractivity contribution in [2.75, 3.05) is 39.6 Å². The SMILES string of the molecule is COCc1nc(Cl)cc(NCCCCN(C)C)n1. The zero-order valence-electron chi connectivity index (χ0n) is 11.2. The topological polar surface area (TPSA) is 50.3 Å². The van der Waals surface area contributed by atoms with Gasteiger partial charge in [-0.05, 0) is 33.5 Å². The van der Waals surface area contributed by atoms with Crippen molar-refractivity contribution >= 4 is 17.4 Å². The molecule has 0 fully saturated rings.